The standard InChI is InChI=1S/C22H23F2N3O/c1-20(2,3)22(28,18-12-25-14-26-13-18)19-10-7-16(11-27-19)15-5-8-17(9-6-15)21(4,23)24/h5-14,28H,1-4H3. The fourth-order valence-corrected chi connectivity index (χ4v) is 3.19. The Hall–Kier alpha value is -2.73. The van der Waals surface area contributed by atoms with Gasteiger partial charge in [0.2, 0.25) is 0 Å². The molecule has 0 spiro atoms. The number of rotatable bonds is 4. The molecule has 1 unspecified atom stereocenters. The number of aromatic nitrogens is 3. The minimum atomic E-state index is -2.87. The van der Waals surface area contributed by atoms with Crippen LogP contribution in [-0.2, 0) is 11.5 Å². The number of alkyl halides is 2. The lowest BCUT2D eigenvalue weighted by Crippen LogP contribution is -2.42. The van der Waals surface area contributed by atoms with Crippen molar-refractivity contribution < 1.29 is 13.9 Å². The van der Waals surface area contributed by atoms with E-state index in [2.05, 4.69) is 15.0 Å². The number of halogens is 2. The van der Waals surface area contributed by atoms with E-state index < -0.39 is 16.9 Å². The second-order valence-corrected chi connectivity index (χ2v) is 7.99. The first-order chi connectivity index (χ1) is 13.0. The summed E-state index contributed by atoms with van der Waals surface area (Å²) in [7, 11) is 0. The van der Waals surface area contributed by atoms with E-state index in [9.17, 15) is 13.9 Å². The van der Waals surface area contributed by atoms with Crippen LogP contribution >= 0.6 is 0 Å². The maximum atomic E-state index is 13.4. The van der Waals surface area contributed by atoms with E-state index in [4.69, 9.17) is 0 Å². The minimum Gasteiger partial charge on any atom is -0.378 e. The highest BCUT2D eigenvalue weighted by Crippen LogP contribution is 2.43. The summed E-state index contributed by atoms with van der Waals surface area (Å²) in [6, 6.07) is 9.68. The van der Waals surface area contributed by atoms with E-state index >= 15 is 0 Å². The number of aliphatic hydroxyl groups is 1. The Kier molecular flexibility index (Phi) is 5.02. The third kappa shape index (κ3) is 3.64. The van der Waals surface area contributed by atoms with Crippen molar-refractivity contribution in [3.8, 4) is 11.1 Å². The van der Waals surface area contributed by atoms with Gasteiger partial charge >= 0.3 is 0 Å². The zero-order chi connectivity index (χ0) is 20.6. The van der Waals surface area contributed by atoms with Crippen LogP contribution in [0.5, 0.6) is 0 Å². The summed E-state index contributed by atoms with van der Waals surface area (Å²) in [5.74, 6) is -2.87. The average molecular weight is 383 g/mol. The molecular formula is C22H23F2N3O. The highest BCUT2D eigenvalue weighted by Gasteiger charge is 2.45. The molecule has 4 nitrogen and oxygen atoms in total. The fourth-order valence-electron chi connectivity index (χ4n) is 3.19. The van der Waals surface area contributed by atoms with Crippen LogP contribution < -0.4 is 0 Å². The maximum absolute atomic E-state index is 13.4. The number of pyridine rings is 1. The molecule has 0 amide bonds. The lowest BCUT2D eigenvalue weighted by Gasteiger charge is -2.39. The Morgan fingerprint density at radius 3 is 1.79 bits per heavy atom. The van der Waals surface area contributed by atoms with Crippen molar-refractivity contribution in [2.24, 2.45) is 5.41 Å². The molecule has 2 aromatic heterocycles. The molecule has 2 heterocycles. The molecule has 28 heavy (non-hydrogen) atoms. The Labute approximate surface area is 163 Å². The summed E-state index contributed by atoms with van der Waals surface area (Å²) >= 11 is 0. The summed E-state index contributed by atoms with van der Waals surface area (Å²) in [6.45, 7) is 6.62. The fraction of sp³-hybridized carbons (Fsp3) is 0.318. The van der Waals surface area contributed by atoms with Gasteiger partial charge in [-0.2, -0.15) is 0 Å². The smallest absolute Gasteiger partial charge is 0.270 e. The molecule has 1 aromatic carbocycles. The molecule has 3 rings (SSSR count). The van der Waals surface area contributed by atoms with Crippen molar-refractivity contribution in [1.29, 1.82) is 0 Å². The van der Waals surface area contributed by atoms with Crippen LogP contribution in [0.2, 0.25) is 0 Å². The number of nitrogens with zero attached hydrogens (tertiary/aromatic N) is 3. The molecule has 0 saturated carbocycles. The second kappa shape index (κ2) is 7.02. The van der Waals surface area contributed by atoms with Crippen molar-refractivity contribution >= 4 is 0 Å². The van der Waals surface area contributed by atoms with Crippen LogP contribution in [0.3, 0.4) is 0 Å². The largest absolute Gasteiger partial charge is 0.378 e. The lowest BCUT2D eigenvalue weighted by atomic mass is 9.70. The lowest BCUT2D eigenvalue weighted by molar-refractivity contribution is -0.0301. The Balaban J connectivity index is 1.99. The number of hydrogen-bond acceptors (Lipinski definition) is 4. The Morgan fingerprint density at radius 2 is 1.32 bits per heavy atom. The number of hydrogen-bond donors (Lipinski definition) is 1. The zero-order valence-electron chi connectivity index (χ0n) is 16.3. The van der Waals surface area contributed by atoms with Gasteiger partial charge in [-0.15, -0.1) is 0 Å². The topological polar surface area (TPSA) is 58.9 Å². The molecule has 0 aliphatic heterocycles. The summed E-state index contributed by atoms with van der Waals surface area (Å²) in [5.41, 5.74) is 0.575. The van der Waals surface area contributed by atoms with Gasteiger partial charge in [0.05, 0.1) is 5.69 Å². The Morgan fingerprint density at radius 1 is 0.750 bits per heavy atom. The van der Waals surface area contributed by atoms with Crippen LogP contribution in [0.25, 0.3) is 11.1 Å². The van der Waals surface area contributed by atoms with E-state index in [0.29, 0.717) is 11.3 Å². The first-order valence-electron chi connectivity index (χ1n) is 8.96. The van der Waals surface area contributed by atoms with Crippen LogP contribution in [0, 0.1) is 5.41 Å². The van der Waals surface area contributed by atoms with Crippen LogP contribution in [-0.4, -0.2) is 20.1 Å². The first-order valence-corrected chi connectivity index (χ1v) is 8.96. The predicted molar refractivity (Wildman–Crippen MR) is 104 cm³/mol. The summed E-state index contributed by atoms with van der Waals surface area (Å²) in [4.78, 5) is 12.5. The van der Waals surface area contributed by atoms with Crippen LogP contribution in [0.1, 0.15) is 44.5 Å². The summed E-state index contributed by atoms with van der Waals surface area (Å²) in [5, 5.41) is 11.6. The highest BCUT2D eigenvalue weighted by atomic mass is 19.3. The van der Waals surface area contributed by atoms with Gasteiger partial charge in [-0.3, -0.25) is 4.98 Å². The van der Waals surface area contributed by atoms with E-state index in [-0.39, 0.29) is 5.56 Å². The predicted octanol–water partition coefficient (Wildman–Crippen LogP) is 4.93. The normalized spacial score (nSPS) is 14.5. The quantitative estimate of drug-likeness (QED) is 0.694. The Bertz CT molecular complexity index is 931. The van der Waals surface area contributed by atoms with E-state index in [1.54, 1.807) is 36.8 Å². The van der Waals surface area contributed by atoms with Crippen molar-refractivity contribution in [2.75, 3.05) is 0 Å². The first kappa shape index (κ1) is 20.0. The van der Waals surface area contributed by atoms with Gasteiger partial charge in [-0.1, -0.05) is 51.1 Å². The molecule has 1 atom stereocenters. The monoisotopic (exact) mass is 383 g/mol. The molecule has 6 heteroatoms. The number of benzene rings is 1. The molecule has 3 aromatic rings. The van der Waals surface area contributed by atoms with Crippen molar-refractivity contribution in [3.05, 3.63) is 78.1 Å². The molecular weight excluding hydrogens is 360 g/mol. The van der Waals surface area contributed by atoms with E-state index in [1.165, 1.54) is 18.5 Å². The third-order valence-electron chi connectivity index (χ3n) is 4.92. The van der Waals surface area contributed by atoms with Gasteiger partial charge in [0.15, 0.2) is 0 Å². The molecule has 0 bridgehead atoms. The van der Waals surface area contributed by atoms with Gasteiger partial charge in [0, 0.05) is 47.6 Å². The summed E-state index contributed by atoms with van der Waals surface area (Å²) in [6.07, 6.45) is 6.20. The van der Waals surface area contributed by atoms with Gasteiger partial charge in [0.25, 0.3) is 5.92 Å². The molecule has 0 radical (unpaired) electrons. The SMILES string of the molecule is CC(F)(F)c1ccc(-c2ccc(C(O)(c3cncnc3)C(C)(C)C)nc2)cc1. The van der Waals surface area contributed by atoms with Gasteiger partial charge in [0.1, 0.15) is 11.9 Å². The molecule has 1 N–H and O–H groups in total. The van der Waals surface area contributed by atoms with Crippen molar-refractivity contribution in [3.63, 3.8) is 0 Å². The molecule has 0 aliphatic carbocycles. The van der Waals surface area contributed by atoms with E-state index in [1.807, 2.05) is 26.8 Å². The molecule has 0 fully saturated rings. The van der Waals surface area contributed by atoms with Crippen LogP contribution in [0.4, 0.5) is 8.78 Å². The maximum Gasteiger partial charge on any atom is 0.270 e. The minimum absolute atomic E-state index is 0.0352. The second-order valence-electron chi connectivity index (χ2n) is 7.99. The van der Waals surface area contributed by atoms with Gasteiger partial charge in [-0.05, 0) is 11.6 Å². The summed E-state index contributed by atoms with van der Waals surface area (Å²) < 4.78 is 26.8. The molecule has 146 valence electrons. The zero-order valence-corrected chi connectivity index (χ0v) is 16.3. The van der Waals surface area contributed by atoms with Crippen molar-refractivity contribution in [1.82, 2.24) is 15.0 Å². The van der Waals surface area contributed by atoms with Gasteiger partial charge in [-0.25, -0.2) is 18.7 Å². The third-order valence-corrected chi connectivity index (χ3v) is 4.92. The van der Waals surface area contributed by atoms with Crippen molar-refractivity contribution in [2.45, 2.75) is 39.2 Å². The van der Waals surface area contributed by atoms with Gasteiger partial charge < -0.3 is 5.11 Å². The van der Waals surface area contributed by atoms with E-state index in [0.717, 1.165) is 18.1 Å². The average Bonchev–Trinajstić information content (AvgIpc) is 2.67. The highest BCUT2D eigenvalue weighted by molar-refractivity contribution is 5.63. The molecule has 0 aliphatic rings. The molecule has 0 saturated heterocycles. The van der Waals surface area contributed by atoms with Crippen LogP contribution in [0.15, 0.2) is 61.3 Å².